The molecule has 4 rings (SSSR count). The predicted molar refractivity (Wildman–Crippen MR) is 112 cm³/mol. The average Bonchev–Trinajstić information content (AvgIpc) is 3.16. The van der Waals surface area contributed by atoms with Gasteiger partial charge in [-0.2, -0.15) is 0 Å². The first-order valence-electron chi connectivity index (χ1n) is 9.78. The second-order valence-electron chi connectivity index (χ2n) is 7.48. The largest absolute Gasteiger partial charge is 0.368 e. The molecule has 1 aliphatic carbocycles. The highest BCUT2D eigenvalue weighted by Gasteiger charge is 2.26. The van der Waals surface area contributed by atoms with Gasteiger partial charge in [-0.25, -0.2) is 0 Å². The molecule has 2 aliphatic rings. The fourth-order valence-corrected chi connectivity index (χ4v) is 4.38. The molecule has 142 valence electrons. The zero-order chi connectivity index (χ0) is 18.8. The van der Waals surface area contributed by atoms with Crippen LogP contribution < -0.4 is 10.2 Å². The molecule has 1 amide bonds. The molecule has 0 spiro atoms. The Morgan fingerprint density at radius 1 is 1.04 bits per heavy atom. The summed E-state index contributed by atoms with van der Waals surface area (Å²) in [5, 5.41) is 3.89. The van der Waals surface area contributed by atoms with Crippen LogP contribution in [0.5, 0.6) is 0 Å². The molecule has 1 fully saturated rings. The van der Waals surface area contributed by atoms with Crippen molar-refractivity contribution in [3.05, 3.63) is 58.6 Å². The van der Waals surface area contributed by atoms with Gasteiger partial charge in [0.15, 0.2) is 0 Å². The van der Waals surface area contributed by atoms with E-state index in [0.29, 0.717) is 0 Å². The summed E-state index contributed by atoms with van der Waals surface area (Å²) >= 11 is 6.32. The van der Waals surface area contributed by atoms with Crippen molar-refractivity contribution in [2.45, 2.75) is 32.2 Å². The van der Waals surface area contributed by atoms with Gasteiger partial charge in [0.25, 0.3) is 0 Å². The lowest BCUT2D eigenvalue weighted by Gasteiger charge is -2.38. The van der Waals surface area contributed by atoms with Crippen molar-refractivity contribution in [2.75, 3.05) is 36.4 Å². The van der Waals surface area contributed by atoms with Crippen LogP contribution in [0.2, 0.25) is 5.02 Å². The van der Waals surface area contributed by atoms with Crippen LogP contribution in [0.25, 0.3) is 0 Å². The number of nitrogens with zero attached hydrogens (tertiary/aromatic N) is 2. The number of aryl methyl sites for hydroxylation is 2. The van der Waals surface area contributed by atoms with Crippen molar-refractivity contribution in [3.63, 3.8) is 0 Å². The van der Waals surface area contributed by atoms with Crippen LogP contribution in [0.15, 0.2) is 42.5 Å². The fourth-order valence-electron chi connectivity index (χ4n) is 4.12. The van der Waals surface area contributed by atoms with Crippen LogP contribution in [0, 0.1) is 0 Å². The van der Waals surface area contributed by atoms with Crippen LogP contribution in [-0.4, -0.2) is 43.0 Å². The lowest BCUT2D eigenvalue weighted by Crippen LogP contribution is -2.52. The van der Waals surface area contributed by atoms with Crippen LogP contribution in [-0.2, 0) is 17.6 Å². The minimum Gasteiger partial charge on any atom is -0.368 e. The van der Waals surface area contributed by atoms with E-state index in [-0.39, 0.29) is 11.9 Å². The Kier molecular flexibility index (Phi) is 5.37. The lowest BCUT2D eigenvalue weighted by atomic mass is 10.1. The Morgan fingerprint density at radius 2 is 1.78 bits per heavy atom. The molecule has 2 aromatic carbocycles. The number of amides is 1. The first kappa shape index (κ1) is 18.3. The standard InChI is InChI=1S/C22H26ClN3O/c1-16(22(27)24-19-10-9-17-5-4-6-18(17)15-19)25-11-13-26(14-12-25)21-8-3-2-7-20(21)23/h2-3,7-10,15-16H,4-6,11-14H2,1H3,(H,24,27)/t16-/m0/s1. The third-order valence-corrected chi connectivity index (χ3v) is 6.12. The molecule has 0 aromatic heterocycles. The number of fused-ring (bicyclic) bond motifs is 1. The Labute approximate surface area is 166 Å². The van der Waals surface area contributed by atoms with Crippen LogP contribution in [0.3, 0.4) is 0 Å². The van der Waals surface area contributed by atoms with E-state index in [9.17, 15) is 4.79 Å². The number of carbonyl (C=O) groups is 1. The van der Waals surface area contributed by atoms with Crippen molar-refractivity contribution < 1.29 is 4.79 Å². The maximum atomic E-state index is 12.7. The molecule has 1 aliphatic heterocycles. The smallest absolute Gasteiger partial charge is 0.241 e. The summed E-state index contributed by atoms with van der Waals surface area (Å²) in [6.07, 6.45) is 3.51. The summed E-state index contributed by atoms with van der Waals surface area (Å²) in [7, 11) is 0. The maximum absolute atomic E-state index is 12.7. The molecule has 27 heavy (non-hydrogen) atoms. The summed E-state index contributed by atoms with van der Waals surface area (Å²) in [4.78, 5) is 17.3. The SMILES string of the molecule is C[C@@H](C(=O)Nc1ccc2c(c1)CCC2)N1CCN(c2ccccc2Cl)CC1. The highest BCUT2D eigenvalue weighted by Crippen LogP contribution is 2.27. The summed E-state index contributed by atoms with van der Waals surface area (Å²) in [6, 6.07) is 14.1. The van der Waals surface area contributed by atoms with E-state index in [0.717, 1.165) is 55.4 Å². The third-order valence-electron chi connectivity index (χ3n) is 5.80. The van der Waals surface area contributed by atoms with Gasteiger partial charge in [-0.15, -0.1) is 0 Å². The van der Waals surface area contributed by atoms with Gasteiger partial charge in [0.05, 0.1) is 16.8 Å². The number of carbonyl (C=O) groups excluding carboxylic acids is 1. The number of para-hydroxylation sites is 1. The molecule has 5 heteroatoms. The number of hydrogen-bond donors (Lipinski definition) is 1. The van der Waals surface area contributed by atoms with E-state index >= 15 is 0 Å². The van der Waals surface area contributed by atoms with Gasteiger partial charge in [0.2, 0.25) is 5.91 Å². The Morgan fingerprint density at radius 3 is 2.56 bits per heavy atom. The third kappa shape index (κ3) is 3.97. The normalized spacial score (nSPS) is 18.2. The average molecular weight is 384 g/mol. The highest BCUT2D eigenvalue weighted by molar-refractivity contribution is 6.33. The monoisotopic (exact) mass is 383 g/mol. The number of hydrogen-bond acceptors (Lipinski definition) is 3. The number of benzene rings is 2. The number of piperazine rings is 1. The van der Waals surface area contributed by atoms with Crippen molar-refractivity contribution >= 4 is 28.9 Å². The molecule has 0 radical (unpaired) electrons. The molecular formula is C22H26ClN3O. The summed E-state index contributed by atoms with van der Waals surface area (Å²) in [6.45, 7) is 5.45. The van der Waals surface area contributed by atoms with E-state index in [1.165, 1.54) is 17.5 Å². The molecule has 4 nitrogen and oxygen atoms in total. The van der Waals surface area contributed by atoms with Gasteiger partial charge in [-0.3, -0.25) is 9.69 Å². The van der Waals surface area contributed by atoms with E-state index in [4.69, 9.17) is 11.6 Å². The van der Waals surface area contributed by atoms with Crippen molar-refractivity contribution in [3.8, 4) is 0 Å². The van der Waals surface area contributed by atoms with Crippen LogP contribution >= 0.6 is 11.6 Å². The van der Waals surface area contributed by atoms with Gasteiger partial charge in [0, 0.05) is 31.9 Å². The van der Waals surface area contributed by atoms with Gasteiger partial charge < -0.3 is 10.2 Å². The first-order chi connectivity index (χ1) is 13.1. The van der Waals surface area contributed by atoms with E-state index in [1.54, 1.807) is 0 Å². The molecule has 0 unspecified atom stereocenters. The zero-order valence-electron chi connectivity index (χ0n) is 15.7. The minimum atomic E-state index is -0.147. The van der Waals surface area contributed by atoms with E-state index in [2.05, 4.69) is 33.3 Å². The molecule has 1 N–H and O–H groups in total. The molecule has 1 atom stereocenters. The maximum Gasteiger partial charge on any atom is 0.241 e. The topological polar surface area (TPSA) is 35.6 Å². The van der Waals surface area contributed by atoms with Crippen molar-refractivity contribution in [1.82, 2.24) is 4.90 Å². The Hall–Kier alpha value is -2.04. The van der Waals surface area contributed by atoms with Gasteiger partial charge >= 0.3 is 0 Å². The predicted octanol–water partition coefficient (Wildman–Crippen LogP) is 3.98. The van der Waals surface area contributed by atoms with Crippen LogP contribution in [0.1, 0.15) is 24.5 Å². The van der Waals surface area contributed by atoms with Gasteiger partial charge in [-0.05, 0) is 61.6 Å². The van der Waals surface area contributed by atoms with Crippen LogP contribution in [0.4, 0.5) is 11.4 Å². The zero-order valence-corrected chi connectivity index (χ0v) is 16.5. The van der Waals surface area contributed by atoms with E-state index in [1.807, 2.05) is 31.2 Å². The summed E-state index contributed by atoms with van der Waals surface area (Å²) in [5.41, 5.74) is 4.81. The second kappa shape index (κ2) is 7.91. The number of halogens is 1. The Balaban J connectivity index is 1.34. The minimum absolute atomic E-state index is 0.0686. The number of nitrogens with one attached hydrogen (secondary N) is 1. The fraction of sp³-hybridized carbons (Fsp3) is 0.409. The molecule has 1 heterocycles. The van der Waals surface area contributed by atoms with Gasteiger partial charge in [0.1, 0.15) is 0 Å². The number of anilines is 2. The highest BCUT2D eigenvalue weighted by atomic mass is 35.5. The van der Waals surface area contributed by atoms with E-state index < -0.39 is 0 Å². The van der Waals surface area contributed by atoms with Crippen molar-refractivity contribution in [1.29, 1.82) is 0 Å². The summed E-state index contributed by atoms with van der Waals surface area (Å²) in [5.74, 6) is 0.0686. The molecule has 2 aromatic rings. The molecular weight excluding hydrogens is 358 g/mol. The lowest BCUT2D eigenvalue weighted by molar-refractivity contribution is -0.120. The first-order valence-corrected chi connectivity index (χ1v) is 10.2. The second-order valence-corrected chi connectivity index (χ2v) is 7.88. The van der Waals surface area contributed by atoms with Crippen molar-refractivity contribution in [2.24, 2.45) is 0 Å². The van der Waals surface area contributed by atoms with Gasteiger partial charge in [-0.1, -0.05) is 29.8 Å². The molecule has 1 saturated heterocycles. The number of rotatable bonds is 4. The quantitative estimate of drug-likeness (QED) is 0.867. The molecule has 0 saturated carbocycles. The Bertz CT molecular complexity index is 830. The summed E-state index contributed by atoms with van der Waals surface area (Å²) < 4.78 is 0. The molecule has 0 bridgehead atoms.